The summed E-state index contributed by atoms with van der Waals surface area (Å²) < 4.78 is 32.1. The van der Waals surface area contributed by atoms with E-state index in [1.54, 1.807) is 17.0 Å². The number of piperazine rings is 1. The number of piperidine rings is 1. The third kappa shape index (κ3) is 6.49. The molecule has 0 atom stereocenters. The van der Waals surface area contributed by atoms with Crippen molar-refractivity contribution >= 4 is 21.8 Å². The van der Waals surface area contributed by atoms with Crippen molar-refractivity contribution in [2.75, 3.05) is 66.1 Å². The summed E-state index contributed by atoms with van der Waals surface area (Å²) in [5, 5.41) is 0. The molecule has 0 bridgehead atoms. The van der Waals surface area contributed by atoms with Gasteiger partial charge in [-0.05, 0) is 37.5 Å². The van der Waals surface area contributed by atoms with Crippen molar-refractivity contribution in [3.63, 3.8) is 0 Å². The van der Waals surface area contributed by atoms with Crippen LogP contribution in [0.1, 0.15) is 29.6 Å². The molecule has 0 spiro atoms. The lowest BCUT2D eigenvalue weighted by molar-refractivity contribution is -0.133. The Balaban J connectivity index is 1.54. The van der Waals surface area contributed by atoms with Crippen molar-refractivity contribution in [1.29, 1.82) is 0 Å². The molecular weight excluding hydrogens is 420 g/mol. The number of methoxy groups -OCH3 is 1. The van der Waals surface area contributed by atoms with Gasteiger partial charge in [0.25, 0.3) is 5.91 Å². The predicted molar refractivity (Wildman–Crippen MR) is 116 cm³/mol. The number of benzene rings is 1. The van der Waals surface area contributed by atoms with E-state index in [-0.39, 0.29) is 29.9 Å². The van der Waals surface area contributed by atoms with Crippen LogP contribution in [0.25, 0.3) is 0 Å². The van der Waals surface area contributed by atoms with Crippen LogP contribution in [-0.2, 0) is 19.6 Å². The van der Waals surface area contributed by atoms with Gasteiger partial charge in [-0.2, -0.15) is 0 Å². The van der Waals surface area contributed by atoms with Crippen molar-refractivity contribution in [3.05, 3.63) is 29.8 Å². The molecular formula is C21H32N4O5S. The topological polar surface area (TPSA) is 99.3 Å². The van der Waals surface area contributed by atoms with Gasteiger partial charge in [0.15, 0.2) is 0 Å². The number of rotatable bonds is 8. The van der Waals surface area contributed by atoms with Gasteiger partial charge < -0.3 is 14.5 Å². The van der Waals surface area contributed by atoms with Gasteiger partial charge in [-0.25, -0.2) is 13.1 Å². The number of carbonyl (C=O) groups excluding carboxylic acids is 2. The molecule has 2 saturated heterocycles. The third-order valence-electron chi connectivity index (χ3n) is 5.72. The highest BCUT2D eigenvalue weighted by Gasteiger charge is 2.26. The first-order valence-electron chi connectivity index (χ1n) is 10.8. The van der Waals surface area contributed by atoms with E-state index in [2.05, 4.69) is 9.62 Å². The fourth-order valence-electron chi connectivity index (χ4n) is 3.88. The summed E-state index contributed by atoms with van der Waals surface area (Å²) in [7, 11) is -2.21. The molecule has 1 aromatic rings. The first-order chi connectivity index (χ1) is 14.9. The SMILES string of the molecule is COCCNS(=O)(=O)c1cccc(C(=O)N2CCN(CC(=O)N3CCCCC3)CC2)c1. The van der Waals surface area contributed by atoms with Crippen molar-refractivity contribution in [2.24, 2.45) is 0 Å². The summed E-state index contributed by atoms with van der Waals surface area (Å²) in [6.07, 6.45) is 3.34. The van der Waals surface area contributed by atoms with Gasteiger partial charge in [-0.1, -0.05) is 6.07 Å². The molecule has 172 valence electrons. The second kappa shape index (κ2) is 11.0. The largest absolute Gasteiger partial charge is 0.383 e. The van der Waals surface area contributed by atoms with Crippen molar-refractivity contribution < 1.29 is 22.7 Å². The first-order valence-corrected chi connectivity index (χ1v) is 12.3. The predicted octanol–water partition coefficient (Wildman–Crippen LogP) is 0.382. The summed E-state index contributed by atoms with van der Waals surface area (Å²) in [6.45, 7) is 4.78. The molecule has 31 heavy (non-hydrogen) atoms. The van der Waals surface area contributed by atoms with Gasteiger partial charge in [0.2, 0.25) is 15.9 Å². The summed E-state index contributed by atoms with van der Waals surface area (Å²) in [6, 6.07) is 6.08. The zero-order chi connectivity index (χ0) is 22.3. The highest BCUT2D eigenvalue weighted by atomic mass is 32.2. The van der Waals surface area contributed by atoms with E-state index in [9.17, 15) is 18.0 Å². The molecule has 2 aliphatic heterocycles. The monoisotopic (exact) mass is 452 g/mol. The Labute approximate surface area is 184 Å². The maximum absolute atomic E-state index is 12.9. The normalized spacial score (nSPS) is 18.2. The number of carbonyl (C=O) groups is 2. The van der Waals surface area contributed by atoms with Crippen molar-refractivity contribution in [3.8, 4) is 0 Å². The first kappa shape index (κ1) is 23.6. The summed E-state index contributed by atoms with van der Waals surface area (Å²) >= 11 is 0. The molecule has 0 radical (unpaired) electrons. The van der Waals surface area contributed by atoms with E-state index in [1.807, 2.05) is 4.90 Å². The lowest BCUT2D eigenvalue weighted by Crippen LogP contribution is -2.52. The van der Waals surface area contributed by atoms with Crippen LogP contribution >= 0.6 is 0 Å². The van der Waals surface area contributed by atoms with Gasteiger partial charge in [0.05, 0.1) is 18.0 Å². The molecule has 0 aliphatic carbocycles. The number of sulfonamides is 1. The minimum absolute atomic E-state index is 0.0558. The lowest BCUT2D eigenvalue weighted by Gasteiger charge is -2.36. The van der Waals surface area contributed by atoms with E-state index in [0.29, 0.717) is 38.3 Å². The number of ether oxygens (including phenoxy) is 1. The minimum Gasteiger partial charge on any atom is -0.383 e. The van der Waals surface area contributed by atoms with E-state index < -0.39 is 10.0 Å². The smallest absolute Gasteiger partial charge is 0.253 e. The van der Waals surface area contributed by atoms with Crippen molar-refractivity contribution in [2.45, 2.75) is 24.2 Å². The number of nitrogens with zero attached hydrogens (tertiary/aromatic N) is 3. The zero-order valence-electron chi connectivity index (χ0n) is 18.1. The number of hydrogen-bond acceptors (Lipinski definition) is 6. The van der Waals surface area contributed by atoms with Crippen LogP contribution in [0.5, 0.6) is 0 Å². The Morgan fingerprint density at radius 3 is 2.39 bits per heavy atom. The minimum atomic E-state index is -3.70. The number of likely N-dealkylation sites (tertiary alicyclic amines) is 1. The molecule has 0 unspecified atom stereocenters. The molecule has 1 aromatic carbocycles. The van der Waals surface area contributed by atoms with Crippen LogP contribution in [0, 0.1) is 0 Å². The Hall–Kier alpha value is -2.01. The van der Waals surface area contributed by atoms with Crippen molar-refractivity contribution in [1.82, 2.24) is 19.4 Å². The van der Waals surface area contributed by atoms with Gasteiger partial charge in [0, 0.05) is 58.5 Å². The Bertz CT molecular complexity index is 862. The fraction of sp³-hybridized carbons (Fsp3) is 0.619. The molecule has 3 rings (SSSR count). The number of hydrogen-bond donors (Lipinski definition) is 1. The van der Waals surface area contributed by atoms with Gasteiger partial charge in [0.1, 0.15) is 0 Å². The second-order valence-corrected chi connectivity index (χ2v) is 9.70. The highest BCUT2D eigenvalue weighted by molar-refractivity contribution is 7.89. The molecule has 0 saturated carbocycles. The van der Waals surface area contributed by atoms with Crippen LogP contribution in [-0.4, -0.2) is 101 Å². The van der Waals surface area contributed by atoms with Crippen LogP contribution in [0.15, 0.2) is 29.2 Å². The molecule has 1 N–H and O–H groups in total. The molecule has 2 heterocycles. The van der Waals surface area contributed by atoms with Crippen LogP contribution in [0.3, 0.4) is 0 Å². The average Bonchev–Trinajstić information content (AvgIpc) is 2.80. The Morgan fingerprint density at radius 2 is 1.71 bits per heavy atom. The maximum Gasteiger partial charge on any atom is 0.253 e. The second-order valence-electron chi connectivity index (χ2n) is 7.93. The highest BCUT2D eigenvalue weighted by Crippen LogP contribution is 2.15. The standard InChI is InChI=1S/C21H32N4O5S/c1-30-15-8-22-31(28,29)19-7-5-6-18(16-19)21(27)25-13-11-23(12-14-25)17-20(26)24-9-3-2-4-10-24/h5-7,16,22H,2-4,8-15,17H2,1H3. The Kier molecular flexibility index (Phi) is 8.42. The average molecular weight is 453 g/mol. The fourth-order valence-corrected chi connectivity index (χ4v) is 4.94. The molecule has 2 aliphatic rings. The maximum atomic E-state index is 12.9. The number of nitrogens with one attached hydrogen (secondary N) is 1. The summed E-state index contributed by atoms with van der Waals surface area (Å²) in [4.78, 5) is 31.2. The van der Waals surface area contributed by atoms with E-state index >= 15 is 0 Å². The van der Waals surface area contributed by atoms with Crippen LogP contribution < -0.4 is 4.72 Å². The van der Waals surface area contributed by atoms with Gasteiger partial charge in [-0.3, -0.25) is 14.5 Å². The van der Waals surface area contributed by atoms with Crippen LogP contribution in [0.4, 0.5) is 0 Å². The van der Waals surface area contributed by atoms with E-state index in [4.69, 9.17) is 4.74 Å². The molecule has 2 fully saturated rings. The van der Waals surface area contributed by atoms with Crippen LogP contribution in [0.2, 0.25) is 0 Å². The van der Waals surface area contributed by atoms with E-state index in [0.717, 1.165) is 25.9 Å². The summed E-state index contributed by atoms with van der Waals surface area (Å²) in [5.74, 6) is -0.0331. The molecule has 10 heteroatoms. The third-order valence-corrected chi connectivity index (χ3v) is 7.18. The lowest BCUT2D eigenvalue weighted by atomic mass is 10.1. The molecule has 2 amide bonds. The Morgan fingerprint density at radius 1 is 1.00 bits per heavy atom. The number of amides is 2. The van der Waals surface area contributed by atoms with E-state index in [1.165, 1.54) is 25.7 Å². The quantitative estimate of drug-likeness (QED) is 0.573. The van der Waals surface area contributed by atoms with Gasteiger partial charge >= 0.3 is 0 Å². The van der Waals surface area contributed by atoms with Gasteiger partial charge in [-0.15, -0.1) is 0 Å². The molecule has 0 aromatic heterocycles. The molecule has 9 nitrogen and oxygen atoms in total. The summed E-state index contributed by atoms with van der Waals surface area (Å²) in [5.41, 5.74) is 0.340. The zero-order valence-corrected chi connectivity index (χ0v) is 18.9.